The molecule has 0 amide bonds. The lowest BCUT2D eigenvalue weighted by Gasteiger charge is -2.18. The van der Waals surface area contributed by atoms with Crippen molar-refractivity contribution in [3.63, 3.8) is 0 Å². The van der Waals surface area contributed by atoms with Gasteiger partial charge in [-0.3, -0.25) is 4.99 Å². The van der Waals surface area contributed by atoms with Crippen LogP contribution in [0.25, 0.3) is 0 Å². The number of aryl methyl sites for hydroxylation is 2. The molecule has 142 valence electrons. The van der Waals surface area contributed by atoms with E-state index in [9.17, 15) is 0 Å². The van der Waals surface area contributed by atoms with E-state index < -0.39 is 0 Å². The fraction of sp³-hybridized carbons (Fsp3) is 0.500. The molecule has 0 aliphatic rings. The molecule has 0 aliphatic carbocycles. The van der Waals surface area contributed by atoms with Crippen molar-refractivity contribution >= 4 is 21.9 Å². The van der Waals surface area contributed by atoms with Gasteiger partial charge in [0, 0.05) is 30.2 Å². The molecule has 1 atom stereocenters. The maximum atomic E-state index is 5.21. The first-order chi connectivity index (χ1) is 12.5. The summed E-state index contributed by atoms with van der Waals surface area (Å²) in [6.07, 6.45) is 3.05. The lowest BCUT2D eigenvalue weighted by molar-refractivity contribution is 0.392. The Morgan fingerprint density at radius 2 is 2.12 bits per heavy atom. The molecular formula is C20H29BrN4O. The van der Waals surface area contributed by atoms with Gasteiger partial charge in [-0.25, -0.2) is 0 Å². The molecule has 0 saturated heterocycles. The van der Waals surface area contributed by atoms with Gasteiger partial charge in [-0.05, 0) is 50.3 Å². The van der Waals surface area contributed by atoms with E-state index in [1.807, 2.05) is 13.8 Å². The van der Waals surface area contributed by atoms with E-state index >= 15 is 0 Å². The van der Waals surface area contributed by atoms with Crippen molar-refractivity contribution in [2.75, 3.05) is 20.1 Å². The molecule has 5 nitrogen and oxygen atoms in total. The van der Waals surface area contributed by atoms with Gasteiger partial charge < -0.3 is 15.2 Å². The highest BCUT2D eigenvalue weighted by atomic mass is 79.9. The van der Waals surface area contributed by atoms with Gasteiger partial charge in [0.2, 0.25) is 0 Å². The number of hydrogen-bond acceptors (Lipinski definition) is 3. The van der Waals surface area contributed by atoms with Crippen molar-refractivity contribution in [1.29, 1.82) is 0 Å². The van der Waals surface area contributed by atoms with Gasteiger partial charge in [0.1, 0.15) is 5.76 Å². The Labute approximate surface area is 164 Å². The smallest absolute Gasteiger partial charge is 0.190 e. The third-order valence-electron chi connectivity index (χ3n) is 4.62. The van der Waals surface area contributed by atoms with Gasteiger partial charge in [-0.2, -0.15) is 0 Å². The Morgan fingerprint density at radius 1 is 1.31 bits per heavy atom. The molecule has 0 radical (unpaired) electrons. The Morgan fingerprint density at radius 3 is 2.73 bits per heavy atom. The third kappa shape index (κ3) is 6.16. The number of aliphatic imine (C=N–C) groups is 1. The molecule has 2 N–H and O–H groups in total. The van der Waals surface area contributed by atoms with Crippen LogP contribution in [0.4, 0.5) is 0 Å². The van der Waals surface area contributed by atoms with Crippen LogP contribution in [-0.4, -0.2) is 31.3 Å². The predicted octanol–water partition coefficient (Wildman–Crippen LogP) is 4.03. The second kappa shape index (κ2) is 10.4. The molecule has 0 spiro atoms. The van der Waals surface area contributed by atoms with Gasteiger partial charge in [-0.1, -0.05) is 46.6 Å². The van der Waals surface area contributed by atoms with E-state index in [2.05, 4.69) is 67.9 Å². The molecule has 6 heteroatoms. The Balaban J connectivity index is 1.79. The zero-order valence-corrected chi connectivity index (χ0v) is 17.7. The molecule has 0 saturated carbocycles. The van der Waals surface area contributed by atoms with E-state index in [0.717, 1.165) is 54.2 Å². The summed E-state index contributed by atoms with van der Waals surface area (Å²) in [6, 6.07) is 8.53. The zero-order chi connectivity index (χ0) is 18.9. The van der Waals surface area contributed by atoms with Crippen molar-refractivity contribution in [1.82, 2.24) is 15.8 Å². The Kier molecular flexibility index (Phi) is 8.16. The zero-order valence-electron chi connectivity index (χ0n) is 16.1. The first kappa shape index (κ1) is 20.5. The van der Waals surface area contributed by atoms with Crippen molar-refractivity contribution in [3.8, 4) is 0 Å². The predicted molar refractivity (Wildman–Crippen MR) is 111 cm³/mol. The lowest BCUT2D eigenvalue weighted by atomic mass is 9.97. The largest absolute Gasteiger partial charge is 0.361 e. The minimum atomic E-state index is 0.561. The van der Waals surface area contributed by atoms with Gasteiger partial charge in [-0.15, -0.1) is 0 Å². The summed E-state index contributed by atoms with van der Waals surface area (Å²) in [5, 5.41) is 10.8. The number of benzene rings is 1. The fourth-order valence-electron chi connectivity index (χ4n) is 2.98. The van der Waals surface area contributed by atoms with Crippen molar-refractivity contribution in [2.24, 2.45) is 10.9 Å². The normalized spacial score (nSPS) is 12.9. The van der Waals surface area contributed by atoms with E-state index in [4.69, 9.17) is 4.52 Å². The number of aromatic nitrogens is 1. The molecule has 1 unspecified atom stereocenters. The molecule has 0 bridgehead atoms. The average Bonchev–Trinajstić information content (AvgIpc) is 2.95. The van der Waals surface area contributed by atoms with Crippen LogP contribution >= 0.6 is 15.9 Å². The summed E-state index contributed by atoms with van der Waals surface area (Å²) in [5.41, 5.74) is 3.50. The third-order valence-corrected chi connectivity index (χ3v) is 5.11. The van der Waals surface area contributed by atoms with Crippen LogP contribution in [0.3, 0.4) is 0 Å². The summed E-state index contributed by atoms with van der Waals surface area (Å²) >= 11 is 3.55. The minimum Gasteiger partial charge on any atom is -0.361 e. The highest BCUT2D eigenvalue weighted by Crippen LogP contribution is 2.16. The molecule has 26 heavy (non-hydrogen) atoms. The number of nitrogens with zero attached hydrogens (tertiary/aromatic N) is 2. The number of rotatable bonds is 8. The highest BCUT2D eigenvalue weighted by molar-refractivity contribution is 9.10. The summed E-state index contributed by atoms with van der Waals surface area (Å²) in [7, 11) is 1.81. The van der Waals surface area contributed by atoms with Crippen molar-refractivity contribution in [3.05, 3.63) is 51.3 Å². The van der Waals surface area contributed by atoms with E-state index in [0.29, 0.717) is 5.92 Å². The maximum absolute atomic E-state index is 5.21. The molecule has 1 heterocycles. The molecule has 0 aliphatic heterocycles. The second-order valence-electron chi connectivity index (χ2n) is 6.54. The van der Waals surface area contributed by atoms with Crippen LogP contribution < -0.4 is 10.6 Å². The van der Waals surface area contributed by atoms with Crippen LogP contribution in [-0.2, 0) is 12.8 Å². The van der Waals surface area contributed by atoms with Crippen LogP contribution in [0.5, 0.6) is 0 Å². The van der Waals surface area contributed by atoms with Crippen LogP contribution in [0, 0.1) is 19.8 Å². The quantitative estimate of drug-likeness (QED) is 0.499. The molecular weight excluding hydrogens is 392 g/mol. The molecule has 0 fully saturated rings. The summed E-state index contributed by atoms with van der Waals surface area (Å²) in [5.74, 6) is 2.29. The maximum Gasteiger partial charge on any atom is 0.190 e. The van der Waals surface area contributed by atoms with Crippen LogP contribution in [0.1, 0.15) is 35.9 Å². The van der Waals surface area contributed by atoms with Gasteiger partial charge in [0.25, 0.3) is 0 Å². The monoisotopic (exact) mass is 420 g/mol. The number of nitrogens with one attached hydrogen (secondary N) is 2. The molecule has 2 aromatic rings. The lowest BCUT2D eigenvalue weighted by Crippen LogP contribution is -2.40. The minimum absolute atomic E-state index is 0.561. The van der Waals surface area contributed by atoms with Crippen molar-refractivity contribution in [2.45, 2.75) is 40.0 Å². The van der Waals surface area contributed by atoms with Gasteiger partial charge in [0.15, 0.2) is 5.96 Å². The Bertz CT molecular complexity index is 707. The average molecular weight is 421 g/mol. The second-order valence-corrected chi connectivity index (χ2v) is 7.46. The van der Waals surface area contributed by atoms with Crippen LogP contribution in [0.15, 0.2) is 38.3 Å². The van der Waals surface area contributed by atoms with Crippen molar-refractivity contribution < 1.29 is 4.52 Å². The summed E-state index contributed by atoms with van der Waals surface area (Å²) in [4.78, 5) is 4.33. The van der Waals surface area contributed by atoms with Gasteiger partial charge in [0.05, 0.1) is 5.69 Å². The van der Waals surface area contributed by atoms with E-state index in [-0.39, 0.29) is 0 Å². The number of halogens is 1. The first-order valence-corrected chi connectivity index (χ1v) is 9.93. The first-order valence-electron chi connectivity index (χ1n) is 9.14. The topological polar surface area (TPSA) is 62.5 Å². The van der Waals surface area contributed by atoms with Gasteiger partial charge >= 0.3 is 0 Å². The SMILES string of the molecule is CCC(CNC(=NC)NCCc1c(C)noc1C)Cc1cccc(Br)c1. The molecule has 1 aromatic carbocycles. The summed E-state index contributed by atoms with van der Waals surface area (Å²) in [6.45, 7) is 7.86. The summed E-state index contributed by atoms with van der Waals surface area (Å²) < 4.78 is 6.34. The standard InChI is InChI=1S/C20H29BrN4O/c1-5-16(11-17-7-6-8-18(21)12-17)13-24-20(22-4)23-10-9-19-14(2)25-26-15(19)3/h6-8,12,16H,5,9-11,13H2,1-4H3,(H2,22,23,24). The van der Waals surface area contributed by atoms with E-state index in [1.165, 1.54) is 11.1 Å². The van der Waals surface area contributed by atoms with Crippen LogP contribution in [0.2, 0.25) is 0 Å². The Hall–Kier alpha value is -1.82. The number of guanidine groups is 1. The number of hydrogen-bond donors (Lipinski definition) is 2. The highest BCUT2D eigenvalue weighted by Gasteiger charge is 2.11. The molecule has 2 rings (SSSR count). The van der Waals surface area contributed by atoms with E-state index in [1.54, 1.807) is 7.05 Å². The molecule has 1 aromatic heterocycles. The fourth-order valence-corrected chi connectivity index (χ4v) is 3.43.